The van der Waals surface area contributed by atoms with Gasteiger partial charge in [-0.25, -0.2) is 9.97 Å². The molecule has 0 aliphatic carbocycles. The van der Waals surface area contributed by atoms with E-state index in [4.69, 9.17) is 9.72 Å². The van der Waals surface area contributed by atoms with Crippen LogP contribution in [0.15, 0.2) is 59.4 Å². The third kappa shape index (κ3) is 4.08. The fraction of sp³-hybridized carbons (Fsp3) is 0.261. The van der Waals surface area contributed by atoms with Gasteiger partial charge in [0.05, 0.1) is 26.4 Å². The number of benzene rings is 2. The van der Waals surface area contributed by atoms with E-state index in [0.29, 0.717) is 18.1 Å². The largest absolute Gasteiger partial charge is 0.487 e. The Labute approximate surface area is 183 Å². The maximum Gasteiger partial charge on any atom is 0.253 e. The van der Waals surface area contributed by atoms with Crippen LogP contribution in [0.2, 0.25) is 0 Å². The van der Waals surface area contributed by atoms with E-state index >= 15 is 0 Å². The minimum absolute atomic E-state index is 0.0758. The molecule has 152 valence electrons. The zero-order valence-corrected chi connectivity index (χ0v) is 18.0. The van der Waals surface area contributed by atoms with Crippen molar-refractivity contribution in [3.8, 4) is 5.75 Å². The van der Waals surface area contributed by atoms with Crippen LogP contribution in [0.3, 0.4) is 0 Å². The molecule has 0 N–H and O–H groups in total. The number of hydrogen-bond donors (Lipinski definition) is 0. The Morgan fingerprint density at radius 2 is 2.03 bits per heavy atom. The van der Waals surface area contributed by atoms with Gasteiger partial charge in [0.2, 0.25) is 0 Å². The fourth-order valence-corrected chi connectivity index (χ4v) is 5.41. The first kappa shape index (κ1) is 19.2. The number of amides is 1. The molecule has 1 fully saturated rings. The van der Waals surface area contributed by atoms with Crippen LogP contribution in [0.4, 0.5) is 0 Å². The molecule has 1 aliphatic rings. The number of thiazole rings is 2. The molecule has 0 unspecified atom stereocenters. The second-order valence-electron chi connectivity index (χ2n) is 7.40. The molecule has 2 aromatic carbocycles. The molecule has 7 heteroatoms. The monoisotopic (exact) mass is 435 g/mol. The number of carbonyl (C=O) groups excluding carboxylic acids is 1. The maximum atomic E-state index is 13.1. The quantitative estimate of drug-likeness (QED) is 0.424. The Morgan fingerprint density at radius 3 is 2.83 bits per heavy atom. The number of fused-ring (bicyclic) bond motifs is 1. The molecule has 1 atom stereocenters. The first-order valence-corrected chi connectivity index (χ1v) is 11.8. The van der Waals surface area contributed by atoms with Gasteiger partial charge in [0.15, 0.2) is 0 Å². The summed E-state index contributed by atoms with van der Waals surface area (Å²) in [5.74, 6) is 1.12. The number of hydrogen-bond acceptors (Lipinski definition) is 6. The molecule has 2 aromatic heterocycles. The van der Waals surface area contributed by atoms with Crippen molar-refractivity contribution in [1.29, 1.82) is 0 Å². The van der Waals surface area contributed by atoms with Crippen molar-refractivity contribution in [2.75, 3.05) is 13.1 Å². The summed E-state index contributed by atoms with van der Waals surface area (Å²) in [7, 11) is 0. The van der Waals surface area contributed by atoms with Gasteiger partial charge in [-0.05, 0) is 49.2 Å². The van der Waals surface area contributed by atoms with E-state index in [1.54, 1.807) is 28.2 Å². The van der Waals surface area contributed by atoms with E-state index in [1.165, 1.54) is 4.70 Å². The van der Waals surface area contributed by atoms with Gasteiger partial charge in [0.1, 0.15) is 12.4 Å². The maximum absolute atomic E-state index is 13.1. The average Bonchev–Trinajstić information content (AvgIpc) is 3.47. The Kier molecular flexibility index (Phi) is 5.46. The molecule has 0 saturated carbocycles. The van der Waals surface area contributed by atoms with Gasteiger partial charge < -0.3 is 9.64 Å². The van der Waals surface area contributed by atoms with E-state index in [9.17, 15) is 4.79 Å². The zero-order chi connectivity index (χ0) is 20.3. The van der Waals surface area contributed by atoms with Gasteiger partial charge >= 0.3 is 0 Å². The highest BCUT2D eigenvalue weighted by Crippen LogP contribution is 2.33. The smallest absolute Gasteiger partial charge is 0.253 e. The number of piperidine rings is 1. The molecule has 4 aromatic rings. The molecule has 5 nitrogen and oxygen atoms in total. The average molecular weight is 436 g/mol. The number of likely N-dealkylation sites (tertiary alicyclic amines) is 1. The van der Waals surface area contributed by atoms with Gasteiger partial charge in [0, 0.05) is 30.0 Å². The Bertz CT molecular complexity index is 1110. The van der Waals surface area contributed by atoms with Crippen LogP contribution in [-0.2, 0) is 6.61 Å². The summed E-state index contributed by atoms with van der Waals surface area (Å²) in [6, 6.07) is 15.6. The van der Waals surface area contributed by atoms with Crippen molar-refractivity contribution < 1.29 is 9.53 Å². The number of aromatic nitrogens is 2. The number of para-hydroxylation sites is 1. The molecule has 1 saturated heterocycles. The van der Waals surface area contributed by atoms with Crippen LogP contribution in [0.1, 0.15) is 39.8 Å². The minimum Gasteiger partial charge on any atom is -0.487 e. The Hall–Kier alpha value is -2.77. The van der Waals surface area contributed by atoms with Crippen molar-refractivity contribution in [1.82, 2.24) is 14.9 Å². The van der Waals surface area contributed by atoms with E-state index in [0.717, 1.165) is 47.9 Å². The van der Waals surface area contributed by atoms with Gasteiger partial charge in [-0.2, -0.15) is 0 Å². The van der Waals surface area contributed by atoms with Crippen molar-refractivity contribution in [2.24, 2.45) is 0 Å². The third-order valence-corrected chi connectivity index (χ3v) is 7.17. The molecule has 5 rings (SSSR count). The minimum atomic E-state index is 0.0758. The summed E-state index contributed by atoms with van der Waals surface area (Å²) in [5, 5.41) is 3.11. The summed E-state index contributed by atoms with van der Waals surface area (Å²) in [6.45, 7) is 1.95. The van der Waals surface area contributed by atoms with Crippen molar-refractivity contribution >= 4 is 38.8 Å². The van der Waals surface area contributed by atoms with Crippen LogP contribution >= 0.6 is 22.7 Å². The first-order valence-electron chi connectivity index (χ1n) is 10.0. The normalized spacial score (nSPS) is 16.7. The number of carbonyl (C=O) groups is 1. The zero-order valence-electron chi connectivity index (χ0n) is 16.4. The Morgan fingerprint density at radius 1 is 1.17 bits per heavy atom. The summed E-state index contributed by atoms with van der Waals surface area (Å²) in [6.07, 6.45) is 2.08. The SMILES string of the molecule is O=C(c1ccc(OCc2cscn2)cc1)N1CCC[C@@H](c2nc3ccccc3s2)C1. The number of ether oxygens (including phenoxy) is 1. The van der Waals surface area contributed by atoms with E-state index in [1.807, 2.05) is 46.7 Å². The number of rotatable bonds is 5. The lowest BCUT2D eigenvalue weighted by molar-refractivity contribution is 0.0707. The van der Waals surface area contributed by atoms with Crippen LogP contribution in [0.5, 0.6) is 5.75 Å². The third-order valence-electron chi connectivity index (χ3n) is 5.34. The van der Waals surface area contributed by atoms with Crippen molar-refractivity contribution in [3.05, 3.63) is 75.7 Å². The van der Waals surface area contributed by atoms with E-state index < -0.39 is 0 Å². The standard InChI is InChI=1S/C23H21N3O2S2/c27-23(16-7-9-19(10-8-16)28-13-18-14-29-15-24-18)26-11-3-4-17(12-26)22-25-20-5-1-2-6-21(20)30-22/h1-2,5-10,14-15,17H,3-4,11-13H2/t17-/m1/s1. The highest BCUT2D eigenvalue weighted by molar-refractivity contribution is 7.18. The molecule has 1 aliphatic heterocycles. The molecular formula is C23H21N3O2S2. The van der Waals surface area contributed by atoms with Gasteiger partial charge in [0.25, 0.3) is 5.91 Å². The summed E-state index contributed by atoms with van der Waals surface area (Å²) < 4.78 is 6.96. The second-order valence-corrected chi connectivity index (χ2v) is 9.18. The predicted molar refractivity (Wildman–Crippen MR) is 120 cm³/mol. The second kappa shape index (κ2) is 8.53. The predicted octanol–water partition coefficient (Wildman–Crippen LogP) is 5.35. The van der Waals surface area contributed by atoms with Gasteiger partial charge in [-0.15, -0.1) is 22.7 Å². The molecule has 3 heterocycles. The lowest BCUT2D eigenvalue weighted by atomic mass is 9.98. The van der Waals surface area contributed by atoms with Crippen LogP contribution in [0.25, 0.3) is 10.2 Å². The molecule has 1 amide bonds. The highest BCUT2D eigenvalue weighted by Gasteiger charge is 2.27. The lowest BCUT2D eigenvalue weighted by Crippen LogP contribution is -2.39. The number of nitrogens with zero attached hydrogens (tertiary/aromatic N) is 3. The van der Waals surface area contributed by atoms with Crippen LogP contribution in [0, 0.1) is 0 Å². The molecular weight excluding hydrogens is 414 g/mol. The van der Waals surface area contributed by atoms with Crippen molar-refractivity contribution in [2.45, 2.75) is 25.4 Å². The van der Waals surface area contributed by atoms with Crippen molar-refractivity contribution in [3.63, 3.8) is 0 Å². The van der Waals surface area contributed by atoms with Gasteiger partial charge in [-0.1, -0.05) is 12.1 Å². The molecule has 30 heavy (non-hydrogen) atoms. The summed E-state index contributed by atoms with van der Waals surface area (Å²) in [5.41, 5.74) is 4.45. The van der Waals surface area contributed by atoms with E-state index in [-0.39, 0.29) is 5.91 Å². The first-order chi connectivity index (χ1) is 14.8. The topological polar surface area (TPSA) is 55.3 Å². The summed E-state index contributed by atoms with van der Waals surface area (Å²) >= 11 is 3.30. The van der Waals surface area contributed by atoms with E-state index in [2.05, 4.69) is 17.1 Å². The summed E-state index contributed by atoms with van der Waals surface area (Å²) in [4.78, 5) is 24.1. The molecule has 0 spiro atoms. The molecule has 0 radical (unpaired) electrons. The highest BCUT2D eigenvalue weighted by atomic mass is 32.1. The van der Waals surface area contributed by atoms with Gasteiger partial charge in [-0.3, -0.25) is 4.79 Å². The van der Waals surface area contributed by atoms with Crippen LogP contribution < -0.4 is 4.74 Å². The Balaban J connectivity index is 1.25. The fourth-order valence-electron chi connectivity index (χ4n) is 3.77. The van der Waals surface area contributed by atoms with Crippen LogP contribution in [-0.4, -0.2) is 33.9 Å². The molecule has 0 bridgehead atoms. The lowest BCUT2D eigenvalue weighted by Gasteiger charge is -2.32.